The summed E-state index contributed by atoms with van der Waals surface area (Å²) in [6.45, 7) is 0.737. The molecule has 2 rings (SSSR count). The number of hydrogen-bond donors (Lipinski definition) is 1. The average molecular weight is 275 g/mol. The molecule has 1 aromatic carbocycles. The lowest BCUT2D eigenvalue weighted by atomic mass is 9.83. The van der Waals surface area contributed by atoms with E-state index in [1.165, 1.54) is 24.0 Å². The standard InChI is InChI=1S/C11H13BrClN/c12-10-5-9-7(4-11(10)13)2-1-3-8(9)6-14/h4-5,8H,1-3,6,14H2. The van der Waals surface area contributed by atoms with Crippen molar-refractivity contribution in [3.63, 3.8) is 0 Å². The van der Waals surface area contributed by atoms with Crippen molar-refractivity contribution in [2.75, 3.05) is 6.54 Å². The predicted octanol–water partition coefficient (Wildman–Crippen LogP) is 3.48. The summed E-state index contributed by atoms with van der Waals surface area (Å²) in [5.74, 6) is 0.521. The van der Waals surface area contributed by atoms with Crippen LogP contribution in [0.15, 0.2) is 16.6 Å². The summed E-state index contributed by atoms with van der Waals surface area (Å²) in [6.07, 6.45) is 3.57. The van der Waals surface area contributed by atoms with E-state index in [1.54, 1.807) is 0 Å². The number of hydrogen-bond acceptors (Lipinski definition) is 1. The van der Waals surface area contributed by atoms with Crippen LogP contribution in [-0.4, -0.2) is 6.54 Å². The largest absolute Gasteiger partial charge is 0.330 e. The summed E-state index contributed by atoms with van der Waals surface area (Å²) in [5, 5.41) is 0.807. The lowest BCUT2D eigenvalue weighted by Crippen LogP contribution is -2.18. The first-order chi connectivity index (χ1) is 6.72. The fourth-order valence-corrected chi connectivity index (χ4v) is 2.69. The van der Waals surface area contributed by atoms with Gasteiger partial charge in [0.05, 0.1) is 5.02 Å². The highest BCUT2D eigenvalue weighted by molar-refractivity contribution is 9.10. The van der Waals surface area contributed by atoms with Crippen LogP contribution in [0.3, 0.4) is 0 Å². The van der Waals surface area contributed by atoms with Gasteiger partial charge in [0.1, 0.15) is 0 Å². The lowest BCUT2D eigenvalue weighted by molar-refractivity contribution is 0.560. The molecule has 0 heterocycles. The summed E-state index contributed by atoms with van der Waals surface area (Å²) in [7, 11) is 0. The van der Waals surface area contributed by atoms with Gasteiger partial charge < -0.3 is 5.73 Å². The van der Waals surface area contributed by atoms with E-state index >= 15 is 0 Å². The van der Waals surface area contributed by atoms with Crippen molar-refractivity contribution in [3.8, 4) is 0 Å². The first kappa shape index (κ1) is 10.5. The van der Waals surface area contributed by atoms with E-state index in [0.717, 1.165) is 22.5 Å². The van der Waals surface area contributed by atoms with Crippen molar-refractivity contribution >= 4 is 27.5 Å². The lowest BCUT2D eigenvalue weighted by Gasteiger charge is -2.24. The number of benzene rings is 1. The van der Waals surface area contributed by atoms with Gasteiger partial charge in [0.15, 0.2) is 0 Å². The van der Waals surface area contributed by atoms with Gasteiger partial charge in [-0.05, 0) is 70.9 Å². The zero-order valence-electron chi connectivity index (χ0n) is 7.89. The van der Waals surface area contributed by atoms with Crippen LogP contribution in [0.25, 0.3) is 0 Å². The maximum Gasteiger partial charge on any atom is 0.0551 e. The topological polar surface area (TPSA) is 26.0 Å². The predicted molar refractivity (Wildman–Crippen MR) is 63.9 cm³/mol. The van der Waals surface area contributed by atoms with Crippen LogP contribution in [0.1, 0.15) is 29.9 Å². The molecule has 0 aromatic heterocycles. The Kier molecular flexibility index (Phi) is 3.15. The second-order valence-electron chi connectivity index (χ2n) is 3.79. The first-order valence-corrected chi connectivity index (χ1v) is 6.07. The molecule has 76 valence electrons. The molecule has 0 radical (unpaired) electrons. The minimum atomic E-state index is 0.521. The minimum absolute atomic E-state index is 0.521. The normalized spacial score (nSPS) is 20.6. The molecule has 2 N–H and O–H groups in total. The van der Waals surface area contributed by atoms with Crippen LogP contribution < -0.4 is 5.73 Å². The molecule has 14 heavy (non-hydrogen) atoms. The molecule has 1 atom stereocenters. The Labute approximate surface area is 97.8 Å². The van der Waals surface area contributed by atoms with Gasteiger partial charge in [-0.25, -0.2) is 0 Å². The summed E-state index contributed by atoms with van der Waals surface area (Å²) in [6, 6.07) is 4.21. The number of fused-ring (bicyclic) bond motifs is 1. The van der Waals surface area contributed by atoms with E-state index in [4.69, 9.17) is 17.3 Å². The van der Waals surface area contributed by atoms with E-state index in [9.17, 15) is 0 Å². The number of nitrogens with two attached hydrogens (primary N) is 1. The van der Waals surface area contributed by atoms with E-state index < -0.39 is 0 Å². The van der Waals surface area contributed by atoms with Gasteiger partial charge in [-0.1, -0.05) is 11.6 Å². The van der Waals surface area contributed by atoms with Gasteiger partial charge in [-0.15, -0.1) is 0 Å². The molecule has 0 fully saturated rings. The van der Waals surface area contributed by atoms with Crippen LogP contribution >= 0.6 is 27.5 Å². The minimum Gasteiger partial charge on any atom is -0.330 e. The Bertz CT molecular complexity index is 351. The van der Waals surface area contributed by atoms with Crippen LogP contribution in [0.2, 0.25) is 5.02 Å². The molecule has 1 aliphatic carbocycles. The average Bonchev–Trinajstić information content (AvgIpc) is 2.19. The molecule has 0 amide bonds. The van der Waals surface area contributed by atoms with E-state index in [-0.39, 0.29) is 0 Å². The fourth-order valence-electron chi connectivity index (χ4n) is 2.14. The monoisotopic (exact) mass is 273 g/mol. The third kappa shape index (κ3) is 1.83. The zero-order valence-corrected chi connectivity index (χ0v) is 10.2. The van der Waals surface area contributed by atoms with Crippen LogP contribution in [0, 0.1) is 0 Å². The summed E-state index contributed by atoms with van der Waals surface area (Å²) >= 11 is 9.52. The molecular formula is C11H13BrClN. The van der Waals surface area contributed by atoms with Crippen LogP contribution in [0.4, 0.5) is 0 Å². The molecule has 1 unspecified atom stereocenters. The molecule has 0 saturated heterocycles. The van der Waals surface area contributed by atoms with E-state index in [0.29, 0.717) is 5.92 Å². The Morgan fingerprint density at radius 2 is 2.29 bits per heavy atom. The summed E-state index contributed by atoms with van der Waals surface area (Å²) in [4.78, 5) is 0. The molecule has 1 aromatic rings. The molecule has 0 aliphatic heterocycles. The Balaban J connectivity index is 2.47. The van der Waals surface area contributed by atoms with Gasteiger partial charge >= 0.3 is 0 Å². The molecular weight excluding hydrogens is 261 g/mol. The third-order valence-electron chi connectivity index (χ3n) is 2.91. The maximum absolute atomic E-state index is 6.06. The quantitative estimate of drug-likeness (QED) is 0.833. The zero-order chi connectivity index (χ0) is 10.1. The van der Waals surface area contributed by atoms with Crippen molar-refractivity contribution < 1.29 is 0 Å². The van der Waals surface area contributed by atoms with E-state index in [1.807, 2.05) is 0 Å². The van der Waals surface area contributed by atoms with Gasteiger partial charge in [0, 0.05) is 4.47 Å². The van der Waals surface area contributed by atoms with Gasteiger partial charge in [-0.3, -0.25) is 0 Å². The Hall–Kier alpha value is -0.0500. The number of aryl methyl sites for hydroxylation is 1. The summed E-state index contributed by atoms with van der Waals surface area (Å²) < 4.78 is 0.985. The Morgan fingerprint density at radius 1 is 1.50 bits per heavy atom. The number of rotatable bonds is 1. The van der Waals surface area contributed by atoms with Crippen molar-refractivity contribution in [2.45, 2.75) is 25.2 Å². The van der Waals surface area contributed by atoms with Gasteiger partial charge in [0.25, 0.3) is 0 Å². The second kappa shape index (κ2) is 4.21. The SMILES string of the molecule is NCC1CCCc2cc(Cl)c(Br)cc21. The highest BCUT2D eigenvalue weighted by Crippen LogP contribution is 2.36. The summed E-state index contributed by atoms with van der Waals surface area (Å²) in [5.41, 5.74) is 8.52. The van der Waals surface area contributed by atoms with E-state index in [2.05, 4.69) is 28.1 Å². The van der Waals surface area contributed by atoms with Gasteiger partial charge in [0.2, 0.25) is 0 Å². The molecule has 1 aliphatic rings. The second-order valence-corrected chi connectivity index (χ2v) is 5.05. The van der Waals surface area contributed by atoms with Crippen molar-refractivity contribution in [1.29, 1.82) is 0 Å². The van der Waals surface area contributed by atoms with Crippen molar-refractivity contribution in [2.24, 2.45) is 5.73 Å². The molecule has 3 heteroatoms. The molecule has 0 spiro atoms. The third-order valence-corrected chi connectivity index (χ3v) is 4.10. The molecule has 0 bridgehead atoms. The van der Waals surface area contributed by atoms with Crippen LogP contribution in [-0.2, 0) is 6.42 Å². The van der Waals surface area contributed by atoms with Crippen molar-refractivity contribution in [3.05, 3.63) is 32.8 Å². The smallest absolute Gasteiger partial charge is 0.0551 e. The van der Waals surface area contributed by atoms with Crippen LogP contribution in [0.5, 0.6) is 0 Å². The van der Waals surface area contributed by atoms with Crippen molar-refractivity contribution in [1.82, 2.24) is 0 Å². The molecule has 0 saturated carbocycles. The number of halogens is 2. The maximum atomic E-state index is 6.06. The Morgan fingerprint density at radius 3 is 3.00 bits per heavy atom. The van der Waals surface area contributed by atoms with Gasteiger partial charge in [-0.2, -0.15) is 0 Å². The highest BCUT2D eigenvalue weighted by Gasteiger charge is 2.20. The fraction of sp³-hybridized carbons (Fsp3) is 0.455. The molecule has 1 nitrogen and oxygen atoms in total. The first-order valence-electron chi connectivity index (χ1n) is 4.90. The highest BCUT2D eigenvalue weighted by atomic mass is 79.9.